The number of anilines is 1. The maximum atomic E-state index is 14.4. The first-order valence-electron chi connectivity index (χ1n) is 10.7. The van der Waals surface area contributed by atoms with Gasteiger partial charge in [-0.05, 0) is 42.5 Å². The molecule has 9 heteroatoms. The van der Waals surface area contributed by atoms with Gasteiger partial charge in [0.05, 0.1) is 24.5 Å². The third kappa shape index (κ3) is 4.56. The molecule has 0 aliphatic carbocycles. The van der Waals surface area contributed by atoms with Crippen LogP contribution in [-0.4, -0.2) is 36.8 Å². The highest BCUT2D eigenvalue weighted by Crippen LogP contribution is 2.38. The molecule has 3 aromatic rings. The number of carbonyl (C=O) groups excluding carboxylic acids is 2. The SMILES string of the molecule is O=C(NCC1COc2ccccc2O1)c1ccc2c(c1)N(Cc1c(F)cccc1Cl)C(=O)CS2. The van der Waals surface area contributed by atoms with E-state index in [1.807, 2.05) is 24.3 Å². The van der Waals surface area contributed by atoms with Crippen LogP contribution in [0.2, 0.25) is 5.02 Å². The van der Waals surface area contributed by atoms with Crippen molar-refractivity contribution in [1.82, 2.24) is 5.32 Å². The predicted molar refractivity (Wildman–Crippen MR) is 128 cm³/mol. The smallest absolute Gasteiger partial charge is 0.251 e. The molecule has 0 radical (unpaired) electrons. The van der Waals surface area contributed by atoms with Gasteiger partial charge in [0.1, 0.15) is 18.5 Å². The molecule has 2 amide bonds. The Morgan fingerprint density at radius 1 is 1.15 bits per heavy atom. The summed E-state index contributed by atoms with van der Waals surface area (Å²) in [4.78, 5) is 27.9. The van der Waals surface area contributed by atoms with Crippen LogP contribution in [0, 0.1) is 5.82 Å². The molecule has 34 heavy (non-hydrogen) atoms. The number of hydrogen-bond donors (Lipinski definition) is 1. The van der Waals surface area contributed by atoms with Crippen LogP contribution in [0.1, 0.15) is 15.9 Å². The summed E-state index contributed by atoms with van der Waals surface area (Å²) in [5, 5.41) is 3.11. The van der Waals surface area contributed by atoms with E-state index in [0.29, 0.717) is 29.4 Å². The standard InChI is InChI=1S/C25H20ClFN2O4S/c26-18-4-3-5-19(27)17(18)12-29-20-10-15(8-9-23(20)34-14-24(29)30)25(31)28-11-16-13-32-21-6-1-2-7-22(21)33-16/h1-10,16H,11-14H2,(H,28,31). The largest absolute Gasteiger partial charge is 0.486 e. The van der Waals surface area contributed by atoms with Gasteiger partial charge in [0.25, 0.3) is 5.91 Å². The summed E-state index contributed by atoms with van der Waals surface area (Å²) in [5.41, 5.74) is 1.18. The summed E-state index contributed by atoms with van der Waals surface area (Å²) >= 11 is 7.57. The molecule has 0 saturated heterocycles. The average Bonchev–Trinajstić information content (AvgIpc) is 2.85. The third-order valence-corrected chi connectivity index (χ3v) is 7.00. The lowest BCUT2D eigenvalue weighted by Gasteiger charge is -2.30. The minimum absolute atomic E-state index is 0.0182. The molecule has 0 bridgehead atoms. The summed E-state index contributed by atoms with van der Waals surface area (Å²) < 4.78 is 25.9. The molecular formula is C25H20ClFN2O4S. The highest BCUT2D eigenvalue weighted by molar-refractivity contribution is 8.00. The summed E-state index contributed by atoms with van der Waals surface area (Å²) in [6.45, 7) is 0.561. The molecule has 3 aromatic carbocycles. The van der Waals surface area contributed by atoms with Gasteiger partial charge < -0.3 is 19.7 Å². The lowest BCUT2D eigenvalue weighted by Crippen LogP contribution is -2.41. The second kappa shape index (κ2) is 9.56. The van der Waals surface area contributed by atoms with E-state index in [1.54, 1.807) is 24.3 Å². The van der Waals surface area contributed by atoms with E-state index in [-0.39, 0.29) is 47.3 Å². The fourth-order valence-electron chi connectivity index (χ4n) is 3.83. The number of nitrogens with zero attached hydrogens (tertiary/aromatic N) is 1. The number of thioether (sulfide) groups is 1. The normalized spacial score (nSPS) is 16.7. The van der Waals surface area contributed by atoms with E-state index in [1.165, 1.54) is 28.8 Å². The summed E-state index contributed by atoms with van der Waals surface area (Å²) in [5.74, 6) is 0.574. The number of fused-ring (bicyclic) bond motifs is 2. The first-order chi connectivity index (χ1) is 16.5. The Kier molecular flexibility index (Phi) is 6.34. The molecular weight excluding hydrogens is 479 g/mol. The Bertz CT molecular complexity index is 1250. The van der Waals surface area contributed by atoms with Crippen molar-refractivity contribution >= 4 is 40.9 Å². The Morgan fingerprint density at radius 2 is 1.97 bits per heavy atom. The van der Waals surface area contributed by atoms with Crippen LogP contribution >= 0.6 is 23.4 Å². The van der Waals surface area contributed by atoms with Crippen molar-refractivity contribution in [2.75, 3.05) is 23.8 Å². The number of hydrogen-bond acceptors (Lipinski definition) is 5. The molecule has 1 atom stereocenters. The molecule has 0 aromatic heterocycles. The summed E-state index contributed by atoms with van der Waals surface area (Å²) in [6.07, 6.45) is -0.326. The van der Waals surface area contributed by atoms with E-state index in [2.05, 4.69) is 5.32 Å². The van der Waals surface area contributed by atoms with Gasteiger partial charge in [0.15, 0.2) is 11.5 Å². The zero-order valence-corrected chi connectivity index (χ0v) is 19.5. The maximum Gasteiger partial charge on any atom is 0.251 e. The molecule has 0 spiro atoms. The molecule has 1 unspecified atom stereocenters. The lowest BCUT2D eigenvalue weighted by molar-refractivity contribution is -0.116. The average molecular weight is 499 g/mol. The van der Waals surface area contributed by atoms with E-state index in [9.17, 15) is 14.0 Å². The third-order valence-electron chi connectivity index (χ3n) is 5.60. The van der Waals surface area contributed by atoms with E-state index in [4.69, 9.17) is 21.1 Å². The van der Waals surface area contributed by atoms with E-state index >= 15 is 0 Å². The first kappa shape index (κ1) is 22.6. The Morgan fingerprint density at radius 3 is 2.79 bits per heavy atom. The van der Waals surface area contributed by atoms with Gasteiger partial charge in [-0.15, -0.1) is 11.8 Å². The molecule has 0 fully saturated rings. The molecule has 6 nitrogen and oxygen atoms in total. The Hall–Kier alpha value is -3.23. The van der Waals surface area contributed by atoms with Crippen molar-refractivity contribution in [3.63, 3.8) is 0 Å². The lowest BCUT2D eigenvalue weighted by atomic mass is 10.1. The summed E-state index contributed by atoms with van der Waals surface area (Å²) in [7, 11) is 0. The van der Waals surface area contributed by atoms with Crippen molar-refractivity contribution in [2.24, 2.45) is 0 Å². The van der Waals surface area contributed by atoms with E-state index in [0.717, 1.165) is 4.90 Å². The number of rotatable bonds is 5. The molecule has 1 N–H and O–H groups in total. The second-order valence-corrected chi connectivity index (χ2v) is 9.28. The quantitative estimate of drug-likeness (QED) is 0.553. The minimum Gasteiger partial charge on any atom is -0.486 e. The zero-order valence-electron chi connectivity index (χ0n) is 17.9. The molecule has 5 rings (SSSR count). The van der Waals surface area contributed by atoms with Crippen molar-refractivity contribution in [3.8, 4) is 11.5 Å². The van der Waals surface area contributed by atoms with Gasteiger partial charge in [-0.25, -0.2) is 4.39 Å². The number of carbonyl (C=O) groups is 2. The molecule has 2 aliphatic heterocycles. The summed E-state index contributed by atoms with van der Waals surface area (Å²) in [6, 6.07) is 16.9. The number of halogens is 2. The van der Waals surface area contributed by atoms with Crippen LogP contribution in [0.3, 0.4) is 0 Å². The Balaban J connectivity index is 1.31. The first-order valence-corrected chi connectivity index (χ1v) is 12.0. The van der Waals surface area contributed by atoms with Crippen LogP contribution in [0.25, 0.3) is 0 Å². The van der Waals surface area contributed by atoms with Crippen molar-refractivity contribution in [1.29, 1.82) is 0 Å². The number of nitrogens with one attached hydrogen (secondary N) is 1. The van der Waals surface area contributed by atoms with Crippen LogP contribution in [0.15, 0.2) is 65.6 Å². The second-order valence-electron chi connectivity index (χ2n) is 7.86. The van der Waals surface area contributed by atoms with Crippen molar-refractivity contribution in [3.05, 3.63) is 82.6 Å². The van der Waals surface area contributed by atoms with Gasteiger partial charge in [0.2, 0.25) is 5.91 Å². The van der Waals surface area contributed by atoms with Gasteiger partial charge in [-0.3, -0.25) is 9.59 Å². The number of amides is 2. The van der Waals surface area contributed by atoms with Gasteiger partial charge in [0, 0.05) is 21.0 Å². The van der Waals surface area contributed by atoms with Gasteiger partial charge >= 0.3 is 0 Å². The molecule has 2 heterocycles. The fourth-order valence-corrected chi connectivity index (χ4v) is 4.97. The van der Waals surface area contributed by atoms with E-state index < -0.39 is 5.82 Å². The van der Waals surface area contributed by atoms with Crippen LogP contribution < -0.4 is 19.7 Å². The number of para-hydroxylation sites is 2. The van der Waals surface area contributed by atoms with Crippen LogP contribution in [0.4, 0.5) is 10.1 Å². The van der Waals surface area contributed by atoms with Crippen molar-refractivity contribution < 1.29 is 23.5 Å². The zero-order chi connectivity index (χ0) is 23.7. The number of ether oxygens (including phenoxy) is 2. The highest BCUT2D eigenvalue weighted by atomic mass is 35.5. The van der Waals surface area contributed by atoms with Crippen molar-refractivity contribution in [2.45, 2.75) is 17.5 Å². The number of benzene rings is 3. The van der Waals surface area contributed by atoms with Crippen LogP contribution in [-0.2, 0) is 11.3 Å². The minimum atomic E-state index is -0.481. The highest BCUT2D eigenvalue weighted by Gasteiger charge is 2.28. The van der Waals surface area contributed by atoms with Crippen LogP contribution in [0.5, 0.6) is 11.5 Å². The van der Waals surface area contributed by atoms with Gasteiger partial charge in [-0.1, -0.05) is 29.8 Å². The molecule has 0 saturated carbocycles. The molecule has 174 valence electrons. The Labute approximate surface area is 205 Å². The monoisotopic (exact) mass is 498 g/mol. The molecule has 2 aliphatic rings. The maximum absolute atomic E-state index is 14.4. The topological polar surface area (TPSA) is 67.9 Å². The van der Waals surface area contributed by atoms with Gasteiger partial charge in [-0.2, -0.15) is 0 Å². The predicted octanol–water partition coefficient (Wildman–Crippen LogP) is 4.69. The fraction of sp³-hybridized carbons (Fsp3) is 0.200.